The Balaban J connectivity index is 2.04. The van der Waals surface area contributed by atoms with Crippen molar-refractivity contribution in [2.45, 2.75) is 6.92 Å². The van der Waals surface area contributed by atoms with E-state index in [1.54, 1.807) is 13.2 Å². The number of hydrogen-bond donors (Lipinski definition) is 1. The van der Waals surface area contributed by atoms with Gasteiger partial charge in [0.15, 0.2) is 0 Å². The van der Waals surface area contributed by atoms with E-state index in [0.717, 1.165) is 16.5 Å². The van der Waals surface area contributed by atoms with E-state index in [1.807, 2.05) is 31.2 Å². The molecule has 0 aliphatic rings. The lowest BCUT2D eigenvalue weighted by atomic mass is 10.2. The fourth-order valence-corrected chi connectivity index (χ4v) is 2.11. The van der Waals surface area contributed by atoms with Gasteiger partial charge in [-0.15, -0.1) is 0 Å². The Bertz CT molecular complexity index is 805. The number of benzene rings is 2. The van der Waals surface area contributed by atoms with Crippen molar-refractivity contribution < 1.29 is 9.13 Å². The molecule has 0 unspecified atom stereocenters. The average molecular weight is 283 g/mol. The van der Waals surface area contributed by atoms with Crippen molar-refractivity contribution >= 4 is 22.4 Å². The highest BCUT2D eigenvalue weighted by molar-refractivity contribution is 5.91. The second-order valence-corrected chi connectivity index (χ2v) is 4.71. The number of hydrogen-bond acceptors (Lipinski definition) is 4. The molecule has 0 aliphatic carbocycles. The van der Waals surface area contributed by atoms with Crippen molar-refractivity contribution in [3.05, 3.63) is 54.1 Å². The summed E-state index contributed by atoms with van der Waals surface area (Å²) in [6, 6.07) is 10.5. The molecule has 1 heterocycles. The molecule has 5 heteroatoms. The highest BCUT2D eigenvalue weighted by atomic mass is 19.1. The third-order valence-corrected chi connectivity index (χ3v) is 3.22. The van der Waals surface area contributed by atoms with E-state index in [-0.39, 0.29) is 5.82 Å². The van der Waals surface area contributed by atoms with Crippen LogP contribution in [-0.2, 0) is 0 Å². The summed E-state index contributed by atoms with van der Waals surface area (Å²) in [4.78, 5) is 8.40. The molecule has 1 N–H and O–H groups in total. The van der Waals surface area contributed by atoms with Gasteiger partial charge in [0.1, 0.15) is 23.7 Å². The summed E-state index contributed by atoms with van der Waals surface area (Å²) in [6.07, 6.45) is 1.44. The summed E-state index contributed by atoms with van der Waals surface area (Å²) in [5.74, 6) is 0.967. The largest absolute Gasteiger partial charge is 0.497 e. The number of halogens is 1. The van der Waals surface area contributed by atoms with Gasteiger partial charge in [-0.25, -0.2) is 14.4 Å². The van der Waals surface area contributed by atoms with Crippen molar-refractivity contribution in [1.82, 2.24) is 9.97 Å². The highest BCUT2D eigenvalue weighted by Gasteiger charge is 2.08. The zero-order chi connectivity index (χ0) is 14.8. The molecule has 2 aromatic carbocycles. The number of methoxy groups -OCH3 is 1. The smallest absolute Gasteiger partial charge is 0.146 e. The van der Waals surface area contributed by atoms with Crippen molar-refractivity contribution in [2.75, 3.05) is 12.4 Å². The molecule has 4 nitrogen and oxygen atoms in total. The van der Waals surface area contributed by atoms with Crippen molar-refractivity contribution in [3.63, 3.8) is 0 Å². The Morgan fingerprint density at radius 1 is 1.10 bits per heavy atom. The quantitative estimate of drug-likeness (QED) is 0.793. The van der Waals surface area contributed by atoms with Crippen LogP contribution in [0.4, 0.5) is 15.9 Å². The predicted octanol–water partition coefficient (Wildman–Crippen LogP) is 3.83. The summed E-state index contributed by atoms with van der Waals surface area (Å²) < 4.78 is 19.1. The Morgan fingerprint density at radius 2 is 1.95 bits per heavy atom. The first-order valence-electron chi connectivity index (χ1n) is 6.49. The molecule has 0 amide bonds. The fraction of sp³-hybridized carbons (Fsp3) is 0.125. The summed E-state index contributed by atoms with van der Waals surface area (Å²) in [5, 5.41) is 3.82. The number of aryl methyl sites for hydroxylation is 1. The minimum absolute atomic E-state index is 0.310. The standard InChI is InChI=1S/C16H14FN3O/c1-10-3-6-14(13(17)7-10)20-16-12-5-4-11(21-2)8-15(12)18-9-19-16/h3-9H,1-2H3,(H,18,19,20). The SMILES string of the molecule is COc1ccc2c(Nc3ccc(C)cc3F)ncnc2c1. The van der Waals surface area contributed by atoms with Crippen LogP contribution in [0.2, 0.25) is 0 Å². The molecule has 0 bridgehead atoms. The zero-order valence-corrected chi connectivity index (χ0v) is 11.7. The summed E-state index contributed by atoms with van der Waals surface area (Å²) in [7, 11) is 1.60. The molecule has 3 aromatic rings. The minimum atomic E-state index is -0.310. The summed E-state index contributed by atoms with van der Waals surface area (Å²) in [6.45, 7) is 1.85. The molecular weight excluding hydrogens is 269 g/mol. The van der Waals surface area contributed by atoms with Crippen molar-refractivity contribution in [1.29, 1.82) is 0 Å². The van der Waals surface area contributed by atoms with Gasteiger partial charge in [-0.3, -0.25) is 0 Å². The van der Waals surface area contributed by atoms with Crippen LogP contribution in [0, 0.1) is 12.7 Å². The zero-order valence-electron chi connectivity index (χ0n) is 11.7. The van der Waals surface area contributed by atoms with Crippen LogP contribution in [0.1, 0.15) is 5.56 Å². The van der Waals surface area contributed by atoms with Crippen LogP contribution in [0.3, 0.4) is 0 Å². The van der Waals surface area contributed by atoms with Gasteiger partial charge in [-0.1, -0.05) is 6.07 Å². The first-order chi connectivity index (χ1) is 10.2. The Hall–Kier alpha value is -2.69. The number of aromatic nitrogens is 2. The lowest BCUT2D eigenvalue weighted by molar-refractivity contribution is 0.415. The first kappa shape index (κ1) is 13.3. The number of anilines is 2. The maximum Gasteiger partial charge on any atom is 0.146 e. The number of ether oxygens (including phenoxy) is 1. The molecule has 0 saturated heterocycles. The molecule has 0 aliphatic heterocycles. The van der Waals surface area contributed by atoms with Crippen LogP contribution in [0.15, 0.2) is 42.7 Å². The molecule has 0 atom stereocenters. The van der Waals surface area contributed by atoms with E-state index >= 15 is 0 Å². The Kier molecular flexibility index (Phi) is 3.39. The van der Waals surface area contributed by atoms with Gasteiger partial charge < -0.3 is 10.1 Å². The monoisotopic (exact) mass is 283 g/mol. The predicted molar refractivity (Wildman–Crippen MR) is 80.5 cm³/mol. The van der Waals surface area contributed by atoms with E-state index in [0.29, 0.717) is 17.3 Å². The Labute approximate surface area is 121 Å². The van der Waals surface area contributed by atoms with Gasteiger partial charge in [-0.05, 0) is 36.8 Å². The third kappa shape index (κ3) is 2.63. The van der Waals surface area contributed by atoms with E-state index in [2.05, 4.69) is 15.3 Å². The molecule has 106 valence electrons. The summed E-state index contributed by atoms with van der Waals surface area (Å²) >= 11 is 0. The first-order valence-corrected chi connectivity index (χ1v) is 6.49. The minimum Gasteiger partial charge on any atom is -0.497 e. The summed E-state index contributed by atoms with van der Waals surface area (Å²) in [5.41, 5.74) is 1.99. The molecule has 0 saturated carbocycles. The second kappa shape index (κ2) is 5.36. The van der Waals surface area contributed by atoms with Gasteiger partial charge in [0.2, 0.25) is 0 Å². The van der Waals surface area contributed by atoms with E-state index in [1.165, 1.54) is 12.4 Å². The van der Waals surface area contributed by atoms with Crippen molar-refractivity contribution in [3.8, 4) is 5.75 Å². The third-order valence-electron chi connectivity index (χ3n) is 3.22. The molecule has 1 aromatic heterocycles. The normalized spacial score (nSPS) is 10.6. The molecule has 0 fully saturated rings. The highest BCUT2D eigenvalue weighted by Crippen LogP contribution is 2.27. The van der Waals surface area contributed by atoms with Gasteiger partial charge in [0.25, 0.3) is 0 Å². The van der Waals surface area contributed by atoms with E-state index < -0.39 is 0 Å². The number of fused-ring (bicyclic) bond motifs is 1. The molecule has 21 heavy (non-hydrogen) atoms. The number of rotatable bonds is 3. The average Bonchev–Trinajstić information content (AvgIpc) is 2.49. The van der Waals surface area contributed by atoms with Gasteiger partial charge >= 0.3 is 0 Å². The number of nitrogens with one attached hydrogen (secondary N) is 1. The van der Waals surface area contributed by atoms with Crippen molar-refractivity contribution in [2.24, 2.45) is 0 Å². The van der Waals surface area contributed by atoms with Crippen LogP contribution in [0.25, 0.3) is 10.9 Å². The van der Waals surface area contributed by atoms with Crippen LogP contribution in [-0.4, -0.2) is 17.1 Å². The molecular formula is C16H14FN3O. The van der Waals surface area contributed by atoms with Gasteiger partial charge in [0.05, 0.1) is 18.3 Å². The van der Waals surface area contributed by atoms with E-state index in [9.17, 15) is 4.39 Å². The van der Waals surface area contributed by atoms with Gasteiger partial charge in [-0.2, -0.15) is 0 Å². The fourth-order valence-electron chi connectivity index (χ4n) is 2.11. The topological polar surface area (TPSA) is 47.0 Å². The number of nitrogens with zero attached hydrogens (tertiary/aromatic N) is 2. The molecule has 3 rings (SSSR count). The maximum absolute atomic E-state index is 13.9. The maximum atomic E-state index is 13.9. The van der Waals surface area contributed by atoms with Crippen LogP contribution in [0.5, 0.6) is 5.75 Å². The van der Waals surface area contributed by atoms with E-state index in [4.69, 9.17) is 4.74 Å². The Morgan fingerprint density at radius 3 is 2.71 bits per heavy atom. The molecule has 0 radical (unpaired) electrons. The van der Waals surface area contributed by atoms with Gasteiger partial charge in [0, 0.05) is 11.5 Å². The lowest BCUT2D eigenvalue weighted by Crippen LogP contribution is -1.98. The van der Waals surface area contributed by atoms with Crippen LogP contribution < -0.4 is 10.1 Å². The van der Waals surface area contributed by atoms with Crippen LogP contribution >= 0.6 is 0 Å². The lowest BCUT2D eigenvalue weighted by Gasteiger charge is -2.10. The second-order valence-electron chi connectivity index (χ2n) is 4.71. The molecule has 0 spiro atoms.